The van der Waals surface area contributed by atoms with Crippen LogP contribution in [0.1, 0.15) is 33.6 Å². The molecule has 0 aromatic heterocycles. The lowest BCUT2D eigenvalue weighted by atomic mass is 9.88. The van der Waals surface area contributed by atoms with Crippen molar-refractivity contribution in [3.05, 3.63) is 29.3 Å². The highest BCUT2D eigenvalue weighted by molar-refractivity contribution is 6.30. The molecule has 0 unspecified atom stereocenters. The molecule has 1 saturated heterocycles. The molecule has 0 bridgehead atoms. The van der Waals surface area contributed by atoms with Crippen molar-refractivity contribution in [3.8, 4) is 0 Å². The Morgan fingerprint density at radius 2 is 1.74 bits per heavy atom. The van der Waals surface area contributed by atoms with Crippen molar-refractivity contribution in [1.82, 2.24) is 4.90 Å². The van der Waals surface area contributed by atoms with Gasteiger partial charge in [0.15, 0.2) is 0 Å². The van der Waals surface area contributed by atoms with E-state index in [1.165, 1.54) is 0 Å². The third kappa shape index (κ3) is 4.96. The van der Waals surface area contributed by atoms with Gasteiger partial charge in [-0.25, -0.2) is 0 Å². The van der Waals surface area contributed by atoms with E-state index in [0.29, 0.717) is 25.9 Å². The maximum atomic E-state index is 12.3. The first kappa shape index (κ1) is 17.8. The van der Waals surface area contributed by atoms with Gasteiger partial charge in [-0.15, -0.1) is 0 Å². The zero-order chi connectivity index (χ0) is 17.0. The highest BCUT2D eigenvalue weighted by Crippen LogP contribution is 2.21. The number of amides is 1. The molecular weight excluding hydrogens is 312 g/mol. The Bertz CT molecular complexity index is 573. The normalized spacial score (nSPS) is 15.7. The largest absolute Gasteiger partial charge is 0.368 e. The van der Waals surface area contributed by atoms with Crippen molar-refractivity contribution in [2.45, 2.75) is 33.6 Å². The highest BCUT2D eigenvalue weighted by atomic mass is 35.5. The molecule has 0 saturated carbocycles. The average molecular weight is 337 g/mol. The van der Waals surface area contributed by atoms with Crippen LogP contribution in [0.15, 0.2) is 24.3 Å². The Labute approximate surface area is 143 Å². The number of anilines is 1. The molecule has 1 heterocycles. The van der Waals surface area contributed by atoms with E-state index >= 15 is 0 Å². The quantitative estimate of drug-likeness (QED) is 0.846. The standard InChI is InChI=1S/C18H25ClN2O2/c1-18(2,3)16(22)7-8-17(23)21-11-9-20(10-12-21)15-6-4-5-14(19)13-15/h4-6,13H,7-12H2,1-3H3. The number of rotatable bonds is 4. The first-order valence-electron chi connectivity index (χ1n) is 8.09. The predicted octanol–water partition coefficient (Wildman–Crippen LogP) is 3.38. The summed E-state index contributed by atoms with van der Waals surface area (Å²) in [5.74, 6) is 0.219. The van der Waals surface area contributed by atoms with E-state index in [-0.39, 0.29) is 17.1 Å². The number of nitrogens with zero attached hydrogens (tertiary/aromatic N) is 2. The second kappa shape index (κ2) is 7.35. The van der Waals surface area contributed by atoms with Crippen molar-refractivity contribution in [1.29, 1.82) is 0 Å². The van der Waals surface area contributed by atoms with Crippen LogP contribution in [0, 0.1) is 5.41 Å². The molecule has 126 valence electrons. The molecule has 0 atom stereocenters. The SMILES string of the molecule is CC(C)(C)C(=O)CCC(=O)N1CCN(c2cccc(Cl)c2)CC1. The number of Topliss-reactive ketones (excluding diaryl/α,β-unsaturated/α-hetero) is 1. The van der Waals surface area contributed by atoms with E-state index < -0.39 is 0 Å². The minimum atomic E-state index is -0.369. The Morgan fingerprint density at radius 1 is 1.09 bits per heavy atom. The maximum Gasteiger partial charge on any atom is 0.223 e. The summed E-state index contributed by atoms with van der Waals surface area (Å²) in [4.78, 5) is 28.3. The Hall–Kier alpha value is -1.55. The van der Waals surface area contributed by atoms with E-state index in [0.717, 1.165) is 23.8 Å². The molecule has 1 fully saturated rings. The third-order valence-electron chi connectivity index (χ3n) is 4.21. The van der Waals surface area contributed by atoms with Crippen LogP contribution in [0.4, 0.5) is 5.69 Å². The lowest BCUT2D eigenvalue weighted by Crippen LogP contribution is -2.48. The van der Waals surface area contributed by atoms with E-state index in [1.807, 2.05) is 49.9 Å². The lowest BCUT2D eigenvalue weighted by molar-refractivity contribution is -0.135. The van der Waals surface area contributed by atoms with E-state index in [1.54, 1.807) is 0 Å². The van der Waals surface area contributed by atoms with Gasteiger partial charge in [-0.05, 0) is 18.2 Å². The van der Waals surface area contributed by atoms with Gasteiger partial charge in [0, 0.05) is 55.1 Å². The topological polar surface area (TPSA) is 40.6 Å². The van der Waals surface area contributed by atoms with Crippen LogP contribution < -0.4 is 4.90 Å². The fourth-order valence-corrected chi connectivity index (χ4v) is 2.82. The van der Waals surface area contributed by atoms with Gasteiger partial charge < -0.3 is 9.80 Å². The van der Waals surface area contributed by atoms with Crippen LogP contribution in [0.25, 0.3) is 0 Å². The summed E-state index contributed by atoms with van der Waals surface area (Å²) in [5, 5.41) is 0.724. The molecular formula is C18H25ClN2O2. The molecule has 0 spiro atoms. The first-order valence-corrected chi connectivity index (χ1v) is 8.47. The fraction of sp³-hybridized carbons (Fsp3) is 0.556. The predicted molar refractivity (Wildman–Crippen MR) is 93.9 cm³/mol. The Morgan fingerprint density at radius 3 is 2.30 bits per heavy atom. The van der Waals surface area contributed by atoms with Gasteiger partial charge in [0.1, 0.15) is 5.78 Å². The average Bonchev–Trinajstić information content (AvgIpc) is 2.51. The molecule has 1 aromatic rings. The van der Waals surface area contributed by atoms with E-state index in [2.05, 4.69) is 4.90 Å². The number of benzene rings is 1. The molecule has 0 aliphatic carbocycles. The minimum Gasteiger partial charge on any atom is -0.368 e. The molecule has 5 heteroatoms. The molecule has 2 rings (SSSR count). The zero-order valence-electron chi connectivity index (χ0n) is 14.1. The van der Waals surface area contributed by atoms with Gasteiger partial charge in [0.2, 0.25) is 5.91 Å². The summed E-state index contributed by atoms with van der Waals surface area (Å²) in [5.41, 5.74) is 0.721. The fourth-order valence-electron chi connectivity index (χ4n) is 2.64. The Kier molecular flexibility index (Phi) is 5.69. The number of hydrogen-bond donors (Lipinski definition) is 0. The molecule has 1 aliphatic rings. The van der Waals surface area contributed by atoms with Crippen LogP contribution in [0.5, 0.6) is 0 Å². The Balaban J connectivity index is 1.82. The molecule has 1 aromatic carbocycles. The van der Waals surface area contributed by atoms with Crippen molar-refractivity contribution < 1.29 is 9.59 Å². The lowest BCUT2D eigenvalue weighted by Gasteiger charge is -2.36. The summed E-state index contributed by atoms with van der Waals surface area (Å²) >= 11 is 6.03. The monoisotopic (exact) mass is 336 g/mol. The summed E-state index contributed by atoms with van der Waals surface area (Å²) in [6.07, 6.45) is 0.643. The molecule has 0 N–H and O–H groups in total. The second-order valence-electron chi connectivity index (χ2n) is 7.02. The van der Waals surface area contributed by atoms with Crippen molar-refractivity contribution in [3.63, 3.8) is 0 Å². The second-order valence-corrected chi connectivity index (χ2v) is 7.46. The van der Waals surface area contributed by atoms with Crippen LogP contribution in [-0.4, -0.2) is 42.8 Å². The van der Waals surface area contributed by atoms with Crippen LogP contribution in [0.2, 0.25) is 5.02 Å². The number of carbonyl (C=O) groups excluding carboxylic acids is 2. The van der Waals surface area contributed by atoms with E-state index in [9.17, 15) is 9.59 Å². The smallest absolute Gasteiger partial charge is 0.223 e. The maximum absolute atomic E-state index is 12.3. The number of hydrogen-bond acceptors (Lipinski definition) is 3. The zero-order valence-corrected chi connectivity index (χ0v) is 14.9. The number of carbonyl (C=O) groups is 2. The van der Waals surface area contributed by atoms with Crippen LogP contribution in [-0.2, 0) is 9.59 Å². The molecule has 1 amide bonds. The molecule has 1 aliphatic heterocycles. The van der Waals surface area contributed by atoms with Gasteiger partial charge in [-0.1, -0.05) is 38.4 Å². The molecule has 4 nitrogen and oxygen atoms in total. The van der Waals surface area contributed by atoms with Crippen molar-refractivity contribution in [2.24, 2.45) is 5.41 Å². The molecule has 23 heavy (non-hydrogen) atoms. The van der Waals surface area contributed by atoms with Crippen molar-refractivity contribution >= 4 is 29.0 Å². The molecule has 0 radical (unpaired) electrons. The van der Waals surface area contributed by atoms with Gasteiger partial charge in [0.05, 0.1) is 0 Å². The number of piperazine rings is 1. The minimum absolute atomic E-state index is 0.0772. The highest BCUT2D eigenvalue weighted by Gasteiger charge is 2.25. The first-order chi connectivity index (χ1) is 10.8. The summed E-state index contributed by atoms with van der Waals surface area (Å²) in [6.45, 7) is 8.64. The number of halogens is 1. The summed E-state index contributed by atoms with van der Waals surface area (Å²) < 4.78 is 0. The van der Waals surface area contributed by atoms with Gasteiger partial charge in [-0.3, -0.25) is 9.59 Å². The van der Waals surface area contributed by atoms with Gasteiger partial charge in [0.25, 0.3) is 0 Å². The van der Waals surface area contributed by atoms with Crippen molar-refractivity contribution in [2.75, 3.05) is 31.1 Å². The van der Waals surface area contributed by atoms with Crippen LogP contribution in [0.3, 0.4) is 0 Å². The number of ketones is 1. The van der Waals surface area contributed by atoms with Crippen LogP contribution >= 0.6 is 11.6 Å². The summed E-state index contributed by atoms with van der Waals surface area (Å²) in [6, 6.07) is 7.77. The van der Waals surface area contributed by atoms with Gasteiger partial charge >= 0.3 is 0 Å². The van der Waals surface area contributed by atoms with E-state index in [4.69, 9.17) is 11.6 Å². The van der Waals surface area contributed by atoms with Gasteiger partial charge in [-0.2, -0.15) is 0 Å². The summed E-state index contributed by atoms with van der Waals surface area (Å²) in [7, 11) is 0. The third-order valence-corrected chi connectivity index (χ3v) is 4.44.